The standard InChI is InChI=1S/C30H31N5O3/c1-37-25-9-7-22(8-10-25)21-34-15-16-35-28(30(34)36)27(32-24-5-3-2-4-6-24)26(23-11-13-31-14-12-23)29(35)33-17-19-38-20-18-33/h2-14,32H,15-21H2,1H3. The molecule has 6 rings (SSSR count). The molecular formula is C30H31N5O3. The van der Waals surface area contributed by atoms with Gasteiger partial charge in [0.2, 0.25) is 0 Å². The van der Waals surface area contributed by atoms with Crippen LogP contribution in [-0.4, -0.2) is 60.3 Å². The number of aromatic nitrogens is 2. The van der Waals surface area contributed by atoms with E-state index in [-0.39, 0.29) is 5.91 Å². The molecule has 1 N–H and O–H groups in total. The summed E-state index contributed by atoms with van der Waals surface area (Å²) in [5.41, 5.74) is 5.56. The van der Waals surface area contributed by atoms with E-state index in [1.54, 1.807) is 19.5 Å². The number of carbonyl (C=O) groups excluding carboxylic acids is 1. The number of para-hydroxylation sites is 1. The molecule has 4 heterocycles. The van der Waals surface area contributed by atoms with Gasteiger partial charge in [-0.1, -0.05) is 30.3 Å². The molecule has 2 aliphatic heterocycles. The lowest BCUT2D eigenvalue weighted by Crippen LogP contribution is -2.42. The molecule has 2 aromatic heterocycles. The Labute approximate surface area is 222 Å². The molecule has 38 heavy (non-hydrogen) atoms. The maximum absolute atomic E-state index is 14.2. The highest BCUT2D eigenvalue weighted by Gasteiger charge is 2.36. The van der Waals surface area contributed by atoms with Crippen molar-refractivity contribution >= 4 is 23.1 Å². The molecule has 194 valence electrons. The number of methoxy groups -OCH3 is 1. The highest BCUT2D eigenvalue weighted by atomic mass is 16.5. The second kappa shape index (κ2) is 10.6. The number of carbonyl (C=O) groups is 1. The zero-order valence-electron chi connectivity index (χ0n) is 21.5. The van der Waals surface area contributed by atoms with E-state index >= 15 is 0 Å². The van der Waals surface area contributed by atoms with Crippen LogP contribution in [0.2, 0.25) is 0 Å². The smallest absolute Gasteiger partial charge is 0.273 e. The van der Waals surface area contributed by atoms with Gasteiger partial charge in [0, 0.05) is 56.4 Å². The highest BCUT2D eigenvalue weighted by molar-refractivity contribution is 6.07. The van der Waals surface area contributed by atoms with Crippen LogP contribution in [0.25, 0.3) is 11.1 Å². The van der Waals surface area contributed by atoms with Gasteiger partial charge in [0.05, 0.1) is 26.0 Å². The highest BCUT2D eigenvalue weighted by Crippen LogP contribution is 2.45. The lowest BCUT2D eigenvalue weighted by Gasteiger charge is -2.34. The Morgan fingerprint density at radius 1 is 0.921 bits per heavy atom. The Morgan fingerprint density at radius 2 is 1.66 bits per heavy atom. The largest absolute Gasteiger partial charge is 0.497 e. The molecule has 8 heteroatoms. The molecule has 8 nitrogen and oxygen atoms in total. The predicted molar refractivity (Wildman–Crippen MR) is 148 cm³/mol. The summed E-state index contributed by atoms with van der Waals surface area (Å²) >= 11 is 0. The molecule has 0 radical (unpaired) electrons. The molecule has 0 saturated carbocycles. The number of nitrogens with one attached hydrogen (secondary N) is 1. The number of ether oxygens (including phenoxy) is 2. The topological polar surface area (TPSA) is 71.9 Å². The summed E-state index contributed by atoms with van der Waals surface area (Å²) < 4.78 is 13.2. The lowest BCUT2D eigenvalue weighted by atomic mass is 10.1. The molecule has 2 aliphatic rings. The average Bonchev–Trinajstić information content (AvgIpc) is 3.31. The van der Waals surface area contributed by atoms with E-state index < -0.39 is 0 Å². The van der Waals surface area contributed by atoms with E-state index in [1.807, 2.05) is 71.6 Å². The van der Waals surface area contributed by atoms with Crippen LogP contribution in [0.5, 0.6) is 5.75 Å². The molecule has 0 unspecified atom stereocenters. The normalized spacial score (nSPS) is 15.3. The number of hydrogen-bond acceptors (Lipinski definition) is 6. The fourth-order valence-electron chi connectivity index (χ4n) is 5.30. The summed E-state index contributed by atoms with van der Waals surface area (Å²) in [5, 5.41) is 3.63. The third-order valence-corrected chi connectivity index (χ3v) is 7.17. The molecule has 1 amide bonds. The molecular weight excluding hydrogens is 478 g/mol. The summed E-state index contributed by atoms with van der Waals surface area (Å²) in [7, 11) is 1.66. The zero-order valence-corrected chi connectivity index (χ0v) is 21.5. The molecule has 2 aromatic carbocycles. The van der Waals surface area contributed by atoms with Crippen LogP contribution in [0.4, 0.5) is 17.2 Å². The number of rotatable bonds is 7. The van der Waals surface area contributed by atoms with Crippen LogP contribution in [0.1, 0.15) is 16.1 Å². The van der Waals surface area contributed by atoms with Crippen molar-refractivity contribution in [2.24, 2.45) is 0 Å². The Kier molecular flexibility index (Phi) is 6.71. The Morgan fingerprint density at radius 3 is 2.37 bits per heavy atom. The number of fused-ring (bicyclic) bond motifs is 1. The van der Waals surface area contributed by atoms with Gasteiger partial charge < -0.3 is 29.2 Å². The number of nitrogens with zero attached hydrogens (tertiary/aromatic N) is 4. The molecule has 0 spiro atoms. The van der Waals surface area contributed by atoms with E-state index in [9.17, 15) is 4.79 Å². The van der Waals surface area contributed by atoms with E-state index in [2.05, 4.69) is 19.8 Å². The van der Waals surface area contributed by atoms with E-state index in [1.165, 1.54) is 0 Å². The first kappa shape index (κ1) is 24.1. The number of anilines is 3. The Bertz CT molecular complexity index is 1400. The van der Waals surface area contributed by atoms with Crippen molar-refractivity contribution < 1.29 is 14.3 Å². The van der Waals surface area contributed by atoms with Crippen molar-refractivity contribution in [3.05, 3.63) is 90.4 Å². The second-order valence-corrected chi connectivity index (χ2v) is 9.47. The van der Waals surface area contributed by atoms with Crippen LogP contribution >= 0.6 is 0 Å². The summed E-state index contributed by atoms with van der Waals surface area (Å²) in [4.78, 5) is 22.8. The lowest BCUT2D eigenvalue weighted by molar-refractivity contribution is 0.0692. The molecule has 1 saturated heterocycles. The van der Waals surface area contributed by atoms with Crippen LogP contribution in [0.15, 0.2) is 79.1 Å². The quantitative estimate of drug-likeness (QED) is 0.386. The third-order valence-electron chi connectivity index (χ3n) is 7.17. The van der Waals surface area contributed by atoms with Crippen molar-refractivity contribution in [3.63, 3.8) is 0 Å². The number of benzene rings is 2. The van der Waals surface area contributed by atoms with Gasteiger partial charge in [-0.3, -0.25) is 9.78 Å². The molecule has 0 bridgehead atoms. The van der Waals surface area contributed by atoms with Gasteiger partial charge in [-0.05, 0) is 47.5 Å². The minimum absolute atomic E-state index is 0.0142. The van der Waals surface area contributed by atoms with Crippen molar-refractivity contribution in [1.82, 2.24) is 14.5 Å². The van der Waals surface area contributed by atoms with Gasteiger partial charge in [-0.25, -0.2) is 0 Å². The van der Waals surface area contributed by atoms with Crippen molar-refractivity contribution in [2.45, 2.75) is 13.1 Å². The van der Waals surface area contributed by atoms with Gasteiger partial charge in [0.15, 0.2) is 0 Å². The second-order valence-electron chi connectivity index (χ2n) is 9.47. The number of amides is 1. The first-order chi connectivity index (χ1) is 18.7. The first-order valence-electron chi connectivity index (χ1n) is 13.0. The van der Waals surface area contributed by atoms with Crippen molar-refractivity contribution in [3.8, 4) is 16.9 Å². The summed E-state index contributed by atoms with van der Waals surface area (Å²) in [6, 6.07) is 22.0. The van der Waals surface area contributed by atoms with Gasteiger partial charge in [0.1, 0.15) is 17.3 Å². The Hall–Kier alpha value is -4.30. The summed E-state index contributed by atoms with van der Waals surface area (Å²) in [6.45, 7) is 4.75. The van der Waals surface area contributed by atoms with Gasteiger partial charge >= 0.3 is 0 Å². The van der Waals surface area contributed by atoms with E-state index in [0.717, 1.165) is 52.7 Å². The first-order valence-corrected chi connectivity index (χ1v) is 13.0. The van der Waals surface area contributed by atoms with Gasteiger partial charge in [-0.2, -0.15) is 0 Å². The van der Waals surface area contributed by atoms with E-state index in [0.29, 0.717) is 38.5 Å². The van der Waals surface area contributed by atoms with Crippen LogP contribution < -0.4 is 15.0 Å². The molecule has 0 atom stereocenters. The zero-order chi connectivity index (χ0) is 25.9. The number of hydrogen-bond donors (Lipinski definition) is 1. The Balaban J connectivity index is 1.48. The predicted octanol–water partition coefficient (Wildman–Crippen LogP) is 4.79. The maximum Gasteiger partial charge on any atom is 0.273 e. The van der Waals surface area contributed by atoms with Gasteiger partial charge in [-0.15, -0.1) is 0 Å². The van der Waals surface area contributed by atoms with Crippen LogP contribution in [0.3, 0.4) is 0 Å². The van der Waals surface area contributed by atoms with Crippen molar-refractivity contribution in [1.29, 1.82) is 0 Å². The molecule has 0 aliphatic carbocycles. The van der Waals surface area contributed by atoms with Crippen molar-refractivity contribution in [2.75, 3.05) is 50.2 Å². The monoisotopic (exact) mass is 509 g/mol. The maximum atomic E-state index is 14.2. The number of morpholine rings is 1. The minimum Gasteiger partial charge on any atom is -0.497 e. The van der Waals surface area contributed by atoms with E-state index in [4.69, 9.17) is 9.47 Å². The fourth-order valence-corrected chi connectivity index (χ4v) is 5.30. The van der Waals surface area contributed by atoms with Crippen LogP contribution in [-0.2, 0) is 17.8 Å². The summed E-state index contributed by atoms with van der Waals surface area (Å²) in [6.07, 6.45) is 3.61. The summed E-state index contributed by atoms with van der Waals surface area (Å²) in [5.74, 6) is 1.88. The van der Waals surface area contributed by atoms with Gasteiger partial charge in [0.25, 0.3) is 5.91 Å². The molecule has 1 fully saturated rings. The minimum atomic E-state index is 0.0142. The fraction of sp³-hybridized carbons (Fsp3) is 0.267. The average molecular weight is 510 g/mol. The molecule has 4 aromatic rings. The number of pyridine rings is 1. The van der Waals surface area contributed by atoms with Crippen LogP contribution in [0, 0.1) is 0 Å². The SMILES string of the molecule is COc1ccc(CN2CCn3c(c(Nc4ccccc4)c(-c4ccncc4)c3N3CCOCC3)C2=O)cc1. The third kappa shape index (κ3) is 4.59.